The SMILES string of the molecule is COC(=O)C1=C2C=COC2c2ccccc2C1=O. The van der Waals surface area contributed by atoms with Crippen LogP contribution in [0, 0.1) is 0 Å². The number of hydrogen-bond donors (Lipinski definition) is 0. The molecule has 4 heteroatoms. The highest BCUT2D eigenvalue weighted by molar-refractivity contribution is 6.26. The molecule has 1 aliphatic heterocycles. The Bertz CT molecular complexity index is 610. The van der Waals surface area contributed by atoms with Gasteiger partial charge in [0.25, 0.3) is 0 Å². The molecule has 1 aromatic carbocycles. The number of fused-ring (bicyclic) bond motifs is 3. The van der Waals surface area contributed by atoms with Gasteiger partial charge in [-0.05, 0) is 6.08 Å². The number of ether oxygens (including phenoxy) is 2. The van der Waals surface area contributed by atoms with Crippen LogP contribution in [0.4, 0.5) is 0 Å². The first kappa shape index (κ1) is 10.8. The first-order valence-electron chi connectivity index (χ1n) is 5.52. The van der Waals surface area contributed by atoms with Crippen LogP contribution in [-0.2, 0) is 14.3 Å². The Kier molecular flexibility index (Phi) is 2.30. The van der Waals surface area contributed by atoms with Crippen molar-refractivity contribution in [3.63, 3.8) is 0 Å². The van der Waals surface area contributed by atoms with E-state index in [4.69, 9.17) is 4.74 Å². The van der Waals surface area contributed by atoms with Crippen LogP contribution in [0.3, 0.4) is 0 Å². The van der Waals surface area contributed by atoms with E-state index in [1.54, 1.807) is 18.2 Å². The van der Waals surface area contributed by atoms with Gasteiger partial charge in [0.05, 0.1) is 13.4 Å². The molecule has 4 nitrogen and oxygen atoms in total. The highest BCUT2D eigenvalue weighted by atomic mass is 16.5. The normalized spacial score (nSPS) is 20.3. The van der Waals surface area contributed by atoms with Gasteiger partial charge in [-0.1, -0.05) is 24.3 Å². The fraction of sp³-hybridized carbons (Fsp3) is 0.143. The molecule has 1 aliphatic carbocycles. The largest absolute Gasteiger partial charge is 0.489 e. The van der Waals surface area contributed by atoms with Gasteiger partial charge in [-0.2, -0.15) is 0 Å². The van der Waals surface area contributed by atoms with Crippen molar-refractivity contribution in [2.24, 2.45) is 0 Å². The molecule has 0 bridgehead atoms. The Labute approximate surface area is 104 Å². The lowest BCUT2D eigenvalue weighted by atomic mass is 9.83. The van der Waals surface area contributed by atoms with Crippen molar-refractivity contribution in [2.45, 2.75) is 6.10 Å². The van der Waals surface area contributed by atoms with Crippen LogP contribution >= 0.6 is 0 Å². The lowest BCUT2D eigenvalue weighted by Gasteiger charge is -2.23. The number of rotatable bonds is 1. The van der Waals surface area contributed by atoms with E-state index < -0.39 is 5.97 Å². The molecule has 0 saturated heterocycles. The maximum Gasteiger partial charge on any atom is 0.342 e. The van der Waals surface area contributed by atoms with Crippen molar-refractivity contribution in [3.8, 4) is 0 Å². The van der Waals surface area contributed by atoms with Crippen LogP contribution < -0.4 is 0 Å². The molecule has 1 heterocycles. The minimum Gasteiger partial charge on any atom is -0.489 e. The Hall–Kier alpha value is -2.36. The van der Waals surface area contributed by atoms with E-state index in [0.717, 1.165) is 5.56 Å². The quantitative estimate of drug-likeness (QED) is 0.558. The van der Waals surface area contributed by atoms with Gasteiger partial charge in [0.15, 0.2) is 0 Å². The maximum atomic E-state index is 12.3. The fourth-order valence-corrected chi connectivity index (χ4v) is 2.32. The molecule has 90 valence electrons. The number of carbonyl (C=O) groups is 2. The predicted octanol–water partition coefficient (Wildman–Crippen LogP) is 1.94. The van der Waals surface area contributed by atoms with E-state index in [-0.39, 0.29) is 17.5 Å². The highest BCUT2D eigenvalue weighted by Crippen LogP contribution is 2.41. The Morgan fingerprint density at radius 2 is 2.11 bits per heavy atom. The van der Waals surface area contributed by atoms with Crippen molar-refractivity contribution in [1.29, 1.82) is 0 Å². The van der Waals surface area contributed by atoms with Crippen molar-refractivity contribution < 1.29 is 19.1 Å². The third-order valence-corrected chi connectivity index (χ3v) is 3.14. The average molecular weight is 242 g/mol. The summed E-state index contributed by atoms with van der Waals surface area (Å²) in [6.45, 7) is 0. The summed E-state index contributed by atoms with van der Waals surface area (Å²) >= 11 is 0. The number of ketones is 1. The van der Waals surface area contributed by atoms with Gasteiger partial charge >= 0.3 is 5.97 Å². The van der Waals surface area contributed by atoms with Gasteiger partial charge in [0, 0.05) is 16.7 Å². The van der Waals surface area contributed by atoms with E-state index in [2.05, 4.69) is 4.74 Å². The van der Waals surface area contributed by atoms with Crippen LogP contribution in [0.2, 0.25) is 0 Å². The molecule has 1 atom stereocenters. The van der Waals surface area contributed by atoms with E-state index in [1.165, 1.54) is 13.4 Å². The second kappa shape index (κ2) is 3.84. The molecule has 0 radical (unpaired) electrons. The van der Waals surface area contributed by atoms with E-state index >= 15 is 0 Å². The molecule has 0 aromatic heterocycles. The van der Waals surface area contributed by atoms with Crippen molar-refractivity contribution >= 4 is 11.8 Å². The molecule has 0 saturated carbocycles. The van der Waals surface area contributed by atoms with Crippen molar-refractivity contribution in [2.75, 3.05) is 7.11 Å². The zero-order valence-electron chi connectivity index (χ0n) is 9.67. The summed E-state index contributed by atoms with van der Waals surface area (Å²) in [5.41, 5.74) is 1.92. The molecule has 18 heavy (non-hydrogen) atoms. The molecule has 0 N–H and O–H groups in total. The maximum absolute atomic E-state index is 12.3. The number of methoxy groups -OCH3 is 1. The Morgan fingerprint density at radius 3 is 2.89 bits per heavy atom. The lowest BCUT2D eigenvalue weighted by molar-refractivity contribution is -0.135. The van der Waals surface area contributed by atoms with Gasteiger partial charge in [-0.3, -0.25) is 4.79 Å². The average Bonchev–Trinajstić information content (AvgIpc) is 2.88. The lowest BCUT2D eigenvalue weighted by Crippen LogP contribution is -2.24. The summed E-state index contributed by atoms with van der Waals surface area (Å²) < 4.78 is 10.1. The number of benzene rings is 1. The molecular weight excluding hydrogens is 232 g/mol. The minimum atomic E-state index is -0.621. The first-order chi connectivity index (χ1) is 8.74. The van der Waals surface area contributed by atoms with Gasteiger partial charge < -0.3 is 9.47 Å². The summed E-state index contributed by atoms with van der Waals surface area (Å²) in [4.78, 5) is 24.1. The number of carbonyl (C=O) groups excluding carboxylic acids is 2. The number of Topliss-reactive ketones (excluding diaryl/α,β-unsaturated/α-hetero) is 1. The zero-order chi connectivity index (χ0) is 12.7. The summed E-state index contributed by atoms with van der Waals surface area (Å²) in [5.74, 6) is -0.927. The molecule has 0 fully saturated rings. The van der Waals surface area contributed by atoms with Crippen LogP contribution in [-0.4, -0.2) is 18.9 Å². The van der Waals surface area contributed by atoms with Gasteiger partial charge in [-0.25, -0.2) is 4.79 Å². The van der Waals surface area contributed by atoms with Crippen LogP contribution in [0.5, 0.6) is 0 Å². The minimum absolute atomic E-state index is 0.0648. The van der Waals surface area contributed by atoms with E-state index in [0.29, 0.717) is 11.1 Å². The molecule has 0 amide bonds. The summed E-state index contributed by atoms with van der Waals surface area (Å²) in [5, 5.41) is 0. The Morgan fingerprint density at radius 1 is 1.33 bits per heavy atom. The third kappa shape index (κ3) is 1.32. The fourth-order valence-electron chi connectivity index (χ4n) is 2.32. The standard InChI is InChI=1S/C14H10O4/c1-17-14(16)11-10-6-7-18-13(10)9-5-3-2-4-8(9)12(11)15/h2-7,13H,1H3. The molecule has 0 spiro atoms. The zero-order valence-corrected chi connectivity index (χ0v) is 9.67. The molecule has 1 aromatic rings. The van der Waals surface area contributed by atoms with E-state index in [9.17, 15) is 9.59 Å². The van der Waals surface area contributed by atoms with Crippen LogP contribution in [0.15, 0.2) is 47.7 Å². The van der Waals surface area contributed by atoms with Gasteiger partial charge in [0.2, 0.25) is 5.78 Å². The third-order valence-electron chi connectivity index (χ3n) is 3.14. The molecule has 2 aliphatic rings. The smallest absolute Gasteiger partial charge is 0.342 e. The van der Waals surface area contributed by atoms with Crippen molar-refractivity contribution in [1.82, 2.24) is 0 Å². The van der Waals surface area contributed by atoms with Crippen LogP contribution in [0.1, 0.15) is 22.0 Å². The summed E-state index contributed by atoms with van der Waals surface area (Å²) in [6, 6.07) is 7.13. The summed E-state index contributed by atoms with van der Waals surface area (Å²) in [7, 11) is 1.26. The number of hydrogen-bond acceptors (Lipinski definition) is 4. The first-order valence-corrected chi connectivity index (χ1v) is 5.52. The van der Waals surface area contributed by atoms with Crippen molar-refractivity contribution in [3.05, 3.63) is 58.9 Å². The summed E-state index contributed by atoms with van der Waals surface area (Å²) in [6.07, 6.45) is 2.76. The van der Waals surface area contributed by atoms with Gasteiger partial charge in [0.1, 0.15) is 11.7 Å². The Balaban J connectivity index is 2.23. The van der Waals surface area contributed by atoms with E-state index in [1.807, 2.05) is 12.1 Å². The molecular formula is C14H10O4. The number of esters is 1. The molecule has 1 unspecified atom stereocenters. The van der Waals surface area contributed by atoms with Gasteiger partial charge in [-0.15, -0.1) is 0 Å². The second-order valence-electron chi connectivity index (χ2n) is 4.06. The second-order valence-corrected chi connectivity index (χ2v) is 4.06. The monoisotopic (exact) mass is 242 g/mol. The highest BCUT2D eigenvalue weighted by Gasteiger charge is 2.38. The topological polar surface area (TPSA) is 52.6 Å². The molecule has 3 rings (SSSR count). The predicted molar refractivity (Wildman–Crippen MR) is 62.8 cm³/mol. The van der Waals surface area contributed by atoms with Crippen LogP contribution in [0.25, 0.3) is 0 Å².